The van der Waals surface area contributed by atoms with Crippen molar-refractivity contribution in [3.8, 4) is 0 Å². The fourth-order valence-electron chi connectivity index (χ4n) is 1.78. The maximum atomic E-state index is 11.5. The summed E-state index contributed by atoms with van der Waals surface area (Å²) >= 11 is 0. The van der Waals surface area contributed by atoms with Crippen molar-refractivity contribution < 1.29 is 8.42 Å². The molecule has 0 spiro atoms. The van der Waals surface area contributed by atoms with Crippen molar-refractivity contribution in [2.75, 3.05) is 45.0 Å². The molecule has 0 aromatic heterocycles. The first-order valence-corrected chi connectivity index (χ1v) is 7.80. The Morgan fingerprint density at radius 2 is 1.89 bits per heavy atom. The number of allylic oxidation sites excluding steroid dienone is 1. The van der Waals surface area contributed by atoms with Gasteiger partial charge in [0.15, 0.2) is 0 Å². The molecule has 19 heavy (non-hydrogen) atoms. The van der Waals surface area contributed by atoms with E-state index in [4.69, 9.17) is 0 Å². The molecule has 1 rings (SSSR count). The zero-order chi connectivity index (χ0) is 12.6. The predicted molar refractivity (Wildman–Crippen MR) is 85.0 cm³/mol. The molecule has 0 unspecified atom stereocenters. The van der Waals surface area contributed by atoms with Gasteiger partial charge in [-0.15, -0.1) is 31.4 Å². The van der Waals surface area contributed by atoms with Crippen molar-refractivity contribution in [1.82, 2.24) is 14.9 Å². The van der Waals surface area contributed by atoms with Crippen LogP contribution in [-0.2, 0) is 10.0 Å². The number of nitrogens with zero attached hydrogens (tertiary/aromatic N) is 1. The highest BCUT2D eigenvalue weighted by molar-refractivity contribution is 7.89. The molecule has 0 radical (unpaired) electrons. The average molecular weight is 334 g/mol. The van der Waals surface area contributed by atoms with Gasteiger partial charge in [-0.05, 0) is 19.4 Å². The lowest BCUT2D eigenvalue weighted by Crippen LogP contribution is -2.44. The summed E-state index contributed by atoms with van der Waals surface area (Å²) in [6, 6.07) is 0. The molecule has 1 saturated heterocycles. The van der Waals surface area contributed by atoms with Crippen LogP contribution >= 0.6 is 24.8 Å². The van der Waals surface area contributed by atoms with Gasteiger partial charge in [0, 0.05) is 32.7 Å². The number of rotatable bonds is 8. The van der Waals surface area contributed by atoms with Gasteiger partial charge in [0.1, 0.15) is 0 Å². The van der Waals surface area contributed by atoms with Crippen molar-refractivity contribution in [3.63, 3.8) is 0 Å². The Balaban J connectivity index is 0. The number of piperazine rings is 1. The third kappa shape index (κ3) is 10.6. The molecule has 0 aromatic carbocycles. The SMILES string of the molecule is C=CCCS(=O)(=O)NCCCN1CCNCC1.Cl.Cl. The van der Waals surface area contributed by atoms with Gasteiger partial charge in [-0.25, -0.2) is 13.1 Å². The molecule has 1 aliphatic rings. The van der Waals surface area contributed by atoms with Crippen LogP contribution in [0.4, 0.5) is 0 Å². The molecule has 0 saturated carbocycles. The molecule has 0 bridgehead atoms. The summed E-state index contributed by atoms with van der Waals surface area (Å²) in [6.45, 7) is 9.19. The molecule has 1 heterocycles. The van der Waals surface area contributed by atoms with E-state index in [0.717, 1.165) is 39.1 Å². The fraction of sp³-hybridized carbons (Fsp3) is 0.818. The lowest BCUT2D eigenvalue weighted by atomic mass is 10.3. The van der Waals surface area contributed by atoms with Crippen LogP contribution in [0.1, 0.15) is 12.8 Å². The van der Waals surface area contributed by atoms with Gasteiger partial charge in [0.2, 0.25) is 10.0 Å². The van der Waals surface area contributed by atoms with E-state index in [1.165, 1.54) is 0 Å². The number of hydrogen-bond acceptors (Lipinski definition) is 4. The molecule has 0 atom stereocenters. The highest BCUT2D eigenvalue weighted by Crippen LogP contribution is 1.95. The summed E-state index contributed by atoms with van der Waals surface area (Å²) in [7, 11) is -3.10. The van der Waals surface area contributed by atoms with E-state index in [1.54, 1.807) is 6.08 Å². The molecular formula is C11H25Cl2N3O2S. The van der Waals surface area contributed by atoms with Gasteiger partial charge in [-0.1, -0.05) is 6.08 Å². The van der Waals surface area contributed by atoms with Gasteiger partial charge in [0.25, 0.3) is 0 Å². The largest absolute Gasteiger partial charge is 0.314 e. The van der Waals surface area contributed by atoms with Crippen LogP contribution in [0.3, 0.4) is 0 Å². The van der Waals surface area contributed by atoms with E-state index in [2.05, 4.69) is 21.5 Å². The third-order valence-electron chi connectivity index (χ3n) is 2.77. The predicted octanol–water partition coefficient (Wildman–Crippen LogP) is 0.621. The lowest BCUT2D eigenvalue weighted by Gasteiger charge is -2.27. The standard InChI is InChI=1S/C11H23N3O2S.2ClH/c1-2-3-11-17(15,16)13-5-4-8-14-9-6-12-7-10-14;;/h2,12-13H,1,3-11H2;2*1H. The first-order valence-electron chi connectivity index (χ1n) is 6.15. The second-order valence-corrected chi connectivity index (χ2v) is 6.16. The van der Waals surface area contributed by atoms with Crippen LogP contribution in [0.2, 0.25) is 0 Å². The van der Waals surface area contributed by atoms with E-state index in [9.17, 15) is 8.42 Å². The summed E-state index contributed by atoms with van der Waals surface area (Å²) in [5, 5.41) is 3.29. The normalized spacial score (nSPS) is 16.2. The monoisotopic (exact) mass is 333 g/mol. The summed E-state index contributed by atoms with van der Waals surface area (Å²) in [4.78, 5) is 2.36. The van der Waals surface area contributed by atoms with Crippen molar-refractivity contribution in [2.24, 2.45) is 0 Å². The maximum Gasteiger partial charge on any atom is 0.211 e. The topological polar surface area (TPSA) is 61.4 Å². The summed E-state index contributed by atoms with van der Waals surface area (Å²) in [5.74, 6) is 0.143. The van der Waals surface area contributed by atoms with Crippen molar-refractivity contribution in [3.05, 3.63) is 12.7 Å². The van der Waals surface area contributed by atoms with Crippen LogP contribution in [0.15, 0.2) is 12.7 Å². The molecule has 1 aliphatic heterocycles. The Labute approximate surface area is 129 Å². The van der Waals surface area contributed by atoms with Crippen LogP contribution in [-0.4, -0.2) is 58.3 Å². The molecule has 116 valence electrons. The highest BCUT2D eigenvalue weighted by Gasteiger charge is 2.10. The minimum absolute atomic E-state index is 0. The number of hydrogen-bond donors (Lipinski definition) is 2. The molecule has 0 aliphatic carbocycles. The average Bonchev–Trinajstić information content (AvgIpc) is 2.34. The van der Waals surface area contributed by atoms with Crippen LogP contribution < -0.4 is 10.0 Å². The van der Waals surface area contributed by atoms with E-state index in [0.29, 0.717) is 13.0 Å². The number of sulfonamides is 1. The van der Waals surface area contributed by atoms with Crippen LogP contribution in [0, 0.1) is 0 Å². The minimum Gasteiger partial charge on any atom is -0.314 e. The number of halogens is 2. The Morgan fingerprint density at radius 3 is 2.47 bits per heavy atom. The van der Waals surface area contributed by atoms with Gasteiger partial charge in [-0.3, -0.25) is 0 Å². The molecule has 0 aromatic rings. The first kappa shape index (κ1) is 21.4. The second kappa shape index (κ2) is 11.9. The molecule has 5 nitrogen and oxygen atoms in total. The van der Waals surface area contributed by atoms with E-state index < -0.39 is 10.0 Å². The second-order valence-electron chi connectivity index (χ2n) is 4.24. The van der Waals surface area contributed by atoms with Crippen molar-refractivity contribution >= 4 is 34.8 Å². The molecular weight excluding hydrogens is 309 g/mol. The Hall–Kier alpha value is 0.150. The summed E-state index contributed by atoms with van der Waals surface area (Å²) in [6.07, 6.45) is 3.00. The molecule has 2 N–H and O–H groups in total. The smallest absolute Gasteiger partial charge is 0.211 e. The maximum absolute atomic E-state index is 11.5. The van der Waals surface area contributed by atoms with Crippen LogP contribution in [0.5, 0.6) is 0 Å². The van der Waals surface area contributed by atoms with Gasteiger partial charge in [-0.2, -0.15) is 0 Å². The van der Waals surface area contributed by atoms with Crippen molar-refractivity contribution in [2.45, 2.75) is 12.8 Å². The highest BCUT2D eigenvalue weighted by atomic mass is 35.5. The van der Waals surface area contributed by atoms with Gasteiger partial charge < -0.3 is 10.2 Å². The Bertz CT molecular complexity index is 320. The first-order chi connectivity index (χ1) is 8.14. The van der Waals surface area contributed by atoms with Gasteiger partial charge in [0.05, 0.1) is 5.75 Å². The molecule has 8 heteroatoms. The zero-order valence-electron chi connectivity index (χ0n) is 11.1. The van der Waals surface area contributed by atoms with E-state index in [1.807, 2.05) is 0 Å². The molecule has 1 fully saturated rings. The Morgan fingerprint density at radius 1 is 1.26 bits per heavy atom. The third-order valence-corrected chi connectivity index (χ3v) is 4.19. The lowest BCUT2D eigenvalue weighted by molar-refractivity contribution is 0.239. The van der Waals surface area contributed by atoms with E-state index in [-0.39, 0.29) is 30.6 Å². The summed E-state index contributed by atoms with van der Waals surface area (Å²) in [5.41, 5.74) is 0. The quantitative estimate of drug-likeness (QED) is 0.505. The number of nitrogens with one attached hydrogen (secondary N) is 2. The van der Waals surface area contributed by atoms with Gasteiger partial charge >= 0.3 is 0 Å². The van der Waals surface area contributed by atoms with Crippen LogP contribution in [0.25, 0.3) is 0 Å². The fourth-order valence-corrected chi connectivity index (χ4v) is 2.85. The minimum atomic E-state index is -3.10. The Kier molecular flexibility index (Phi) is 13.5. The summed E-state index contributed by atoms with van der Waals surface area (Å²) < 4.78 is 25.5. The van der Waals surface area contributed by atoms with E-state index >= 15 is 0 Å². The molecule has 0 amide bonds. The zero-order valence-corrected chi connectivity index (χ0v) is 13.6. The van der Waals surface area contributed by atoms with Crippen molar-refractivity contribution in [1.29, 1.82) is 0 Å².